The van der Waals surface area contributed by atoms with Gasteiger partial charge in [-0.05, 0) is 18.2 Å². The van der Waals surface area contributed by atoms with Crippen molar-refractivity contribution in [1.82, 2.24) is 9.55 Å². The third kappa shape index (κ3) is 2.38. The Labute approximate surface area is 112 Å². The molecule has 0 aliphatic rings. The Balaban J connectivity index is 2.54. The number of hydrogen-bond acceptors (Lipinski definition) is 4. The molecule has 98 valence electrons. The third-order valence-corrected chi connectivity index (χ3v) is 2.99. The Hall–Kier alpha value is -2.48. The summed E-state index contributed by atoms with van der Waals surface area (Å²) in [6, 6.07) is 7.67. The largest absolute Gasteiger partial charge is 0.497 e. The van der Waals surface area contributed by atoms with E-state index in [9.17, 15) is 0 Å². The second-order valence-electron chi connectivity index (χ2n) is 4.03. The van der Waals surface area contributed by atoms with Gasteiger partial charge in [0, 0.05) is 13.2 Å². The molecule has 2 rings (SSSR count). The van der Waals surface area contributed by atoms with Gasteiger partial charge in [-0.25, -0.2) is 4.98 Å². The lowest BCUT2D eigenvalue weighted by atomic mass is 10.1. The fourth-order valence-corrected chi connectivity index (χ4v) is 1.93. The second-order valence-corrected chi connectivity index (χ2v) is 4.03. The molecule has 0 aliphatic carbocycles. The van der Waals surface area contributed by atoms with Crippen LogP contribution in [0.1, 0.15) is 5.69 Å². The highest BCUT2D eigenvalue weighted by atomic mass is 16.5. The highest BCUT2D eigenvalue weighted by Gasteiger charge is 2.14. The monoisotopic (exact) mass is 257 g/mol. The van der Waals surface area contributed by atoms with E-state index in [2.05, 4.69) is 11.1 Å². The number of hydrogen-bond donors (Lipinski definition) is 0. The van der Waals surface area contributed by atoms with E-state index >= 15 is 0 Å². The van der Waals surface area contributed by atoms with E-state index in [0.29, 0.717) is 6.42 Å². The number of methoxy groups -OCH3 is 2. The third-order valence-electron chi connectivity index (χ3n) is 2.99. The summed E-state index contributed by atoms with van der Waals surface area (Å²) in [5.41, 5.74) is 1.70. The summed E-state index contributed by atoms with van der Waals surface area (Å²) < 4.78 is 12.5. The number of nitrogens with zero attached hydrogens (tertiary/aromatic N) is 3. The number of aromatic nitrogens is 2. The van der Waals surface area contributed by atoms with Crippen molar-refractivity contribution in [1.29, 1.82) is 5.26 Å². The minimum absolute atomic E-state index is 0.329. The molecule has 1 heterocycles. The Bertz CT molecular complexity index is 626. The van der Waals surface area contributed by atoms with Crippen molar-refractivity contribution in [2.45, 2.75) is 6.42 Å². The molecule has 0 saturated carbocycles. The minimum Gasteiger partial charge on any atom is -0.497 e. The predicted molar refractivity (Wildman–Crippen MR) is 71.1 cm³/mol. The molecule has 0 bridgehead atoms. The van der Waals surface area contributed by atoms with Gasteiger partial charge < -0.3 is 14.0 Å². The van der Waals surface area contributed by atoms with E-state index in [1.807, 2.05) is 29.8 Å². The molecule has 0 radical (unpaired) electrons. The second kappa shape index (κ2) is 5.44. The van der Waals surface area contributed by atoms with E-state index in [0.717, 1.165) is 28.6 Å². The van der Waals surface area contributed by atoms with Crippen molar-refractivity contribution in [2.75, 3.05) is 14.2 Å². The van der Waals surface area contributed by atoms with Gasteiger partial charge in [0.05, 0.1) is 38.0 Å². The van der Waals surface area contributed by atoms with Crippen LogP contribution in [0.25, 0.3) is 11.4 Å². The van der Waals surface area contributed by atoms with E-state index in [4.69, 9.17) is 14.7 Å². The maximum atomic E-state index is 8.77. The van der Waals surface area contributed by atoms with Crippen LogP contribution >= 0.6 is 0 Å². The lowest BCUT2D eigenvalue weighted by molar-refractivity contribution is 0.404. The van der Waals surface area contributed by atoms with Crippen LogP contribution in [0.2, 0.25) is 0 Å². The van der Waals surface area contributed by atoms with Crippen molar-refractivity contribution in [3.8, 4) is 29.0 Å². The highest BCUT2D eigenvalue weighted by Crippen LogP contribution is 2.32. The van der Waals surface area contributed by atoms with Gasteiger partial charge in [0.1, 0.15) is 17.3 Å². The van der Waals surface area contributed by atoms with E-state index in [1.165, 1.54) is 0 Å². The molecule has 0 spiro atoms. The number of nitriles is 1. The molecule has 5 heteroatoms. The van der Waals surface area contributed by atoms with Gasteiger partial charge in [0.25, 0.3) is 0 Å². The van der Waals surface area contributed by atoms with Crippen LogP contribution in [0.5, 0.6) is 11.5 Å². The molecule has 5 nitrogen and oxygen atoms in total. The van der Waals surface area contributed by atoms with Gasteiger partial charge in [-0.1, -0.05) is 0 Å². The number of rotatable bonds is 4. The average Bonchev–Trinajstić information content (AvgIpc) is 2.80. The average molecular weight is 257 g/mol. The van der Waals surface area contributed by atoms with Gasteiger partial charge in [0.15, 0.2) is 0 Å². The van der Waals surface area contributed by atoms with Crippen LogP contribution in [0.3, 0.4) is 0 Å². The topological polar surface area (TPSA) is 60.1 Å². The lowest BCUT2D eigenvalue weighted by Gasteiger charge is -2.11. The molecule has 0 atom stereocenters. The first kappa shape index (κ1) is 13.0. The fourth-order valence-electron chi connectivity index (χ4n) is 1.93. The number of imidazole rings is 1. The Morgan fingerprint density at radius 3 is 2.74 bits per heavy atom. The summed E-state index contributed by atoms with van der Waals surface area (Å²) >= 11 is 0. The zero-order valence-corrected chi connectivity index (χ0v) is 11.2. The summed E-state index contributed by atoms with van der Waals surface area (Å²) in [5, 5.41) is 8.77. The molecule has 0 aliphatic heterocycles. The molecule has 2 aromatic rings. The summed E-state index contributed by atoms with van der Waals surface area (Å²) in [4.78, 5) is 4.36. The first-order chi connectivity index (χ1) is 9.21. The summed E-state index contributed by atoms with van der Waals surface area (Å²) in [6.07, 6.45) is 2.03. The summed E-state index contributed by atoms with van der Waals surface area (Å²) in [7, 11) is 5.11. The zero-order chi connectivity index (χ0) is 13.8. The van der Waals surface area contributed by atoms with Crippen molar-refractivity contribution >= 4 is 0 Å². The van der Waals surface area contributed by atoms with Crippen molar-refractivity contribution in [3.05, 3.63) is 30.1 Å². The molecule has 19 heavy (non-hydrogen) atoms. The molecule has 1 aromatic heterocycles. The SMILES string of the molecule is COc1ccc(OC)c(-c2ncc(CC#N)n2C)c1. The molecule has 0 N–H and O–H groups in total. The molecular weight excluding hydrogens is 242 g/mol. The lowest BCUT2D eigenvalue weighted by Crippen LogP contribution is -1.99. The van der Waals surface area contributed by atoms with Gasteiger partial charge in [-0.2, -0.15) is 5.26 Å². The number of benzene rings is 1. The Morgan fingerprint density at radius 1 is 1.32 bits per heavy atom. The van der Waals surface area contributed by atoms with Gasteiger partial charge in [-0.15, -0.1) is 0 Å². The molecule has 0 unspecified atom stereocenters. The maximum Gasteiger partial charge on any atom is 0.143 e. The number of ether oxygens (including phenoxy) is 2. The first-order valence-corrected chi connectivity index (χ1v) is 5.81. The molecule has 0 amide bonds. The minimum atomic E-state index is 0.329. The zero-order valence-electron chi connectivity index (χ0n) is 11.2. The van der Waals surface area contributed by atoms with Gasteiger partial charge in [-0.3, -0.25) is 0 Å². The molecule has 1 aromatic carbocycles. The van der Waals surface area contributed by atoms with Crippen LogP contribution in [0.15, 0.2) is 24.4 Å². The highest BCUT2D eigenvalue weighted by molar-refractivity contribution is 5.67. The van der Waals surface area contributed by atoms with Crippen molar-refractivity contribution in [2.24, 2.45) is 7.05 Å². The molecule has 0 saturated heterocycles. The standard InChI is InChI=1S/C14H15N3O2/c1-17-10(6-7-15)9-16-14(17)12-8-11(18-2)4-5-13(12)19-3/h4-5,8-9H,6H2,1-3H3. The Kier molecular flexibility index (Phi) is 3.71. The van der Waals surface area contributed by atoms with E-state index in [-0.39, 0.29) is 0 Å². The van der Waals surface area contributed by atoms with E-state index in [1.54, 1.807) is 20.4 Å². The smallest absolute Gasteiger partial charge is 0.143 e. The van der Waals surface area contributed by atoms with Crippen LogP contribution in [0, 0.1) is 11.3 Å². The van der Waals surface area contributed by atoms with Crippen LogP contribution in [-0.2, 0) is 13.5 Å². The summed E-state index contributed by atoms with van der Waals surface area (Å²) in [5.74, 6) is 2.21. The quantitative estimate of drug-likeness (QED) is 0.842. The predicted octanol–water partition coefficient (Wildman–Crippen LogP) is 2.17. The molecule has 0 fully saturated rings. The summed E-state index contributed by atoms with van der Waals surface area (Å²) in [6.45, 7) is 0. The van der Waals surface area contributed by atoms with Crippen LogP contribution in [0.4, 0.5) is 0 Å². The fraction of sp³-hybridized carbons (Fsp3) is 0.286. The van der Waals surface area contributed by atoms with Crippen LogP contribution < -0.4 is 9.47 Å². The van der Waals surface area contributed by atoms with Crippen molar-refractivity contribution < 1.29 is 9.47 Å². The normalized spacial score (nSPS) is 10.0. The van der Waals surface area contributed by atoms with Gasteiger partial charge in [0.2, 0.25) is 0 Å². The maximum absolute atomic E-state index is 8.77. The Morgan fingerprint density at radius 2 is 2.11 bits per heavy atom. The van der Waals surface area contributed by atoms with Crippen LogP contribution in [-0.4, -0.2) is 23.8 Å². The first-order valence-electron chi connectivity index (χ1n) is 5.81. The van der Waals surface area contributed by atoms with Crippen molar-refractivity contribution in [3.63, 3.8) is 0 Å². The molecular formula is C14H15N3O2. The van der Waals surface area contributed by atoms with Gasteiger partial charge >= 0.3 is 0 Å². The van der Waals surface area contributed by atoms with E-state index < -0.39 is 0 Å².